The van der Waals surface area contributed by atoms with Gasteiger partial charge in [0.2, 0.25) is 11.7 Å². The number of thiophene rings is 1. The summed E-state index contributed by atoms with van der Waals surface area (Å²) in [7, 11) is 4.70. The third kappa shape index (κ3) is 3.58. The monoisotopic (exact) mass is 358 g/mol. The van der Waals surface area contributed by atoms with Gasteiger partial charge in [-0.05, 0) is 18.2 Å². The van der Waals surface area contributed by atoms with Crippen LogP contribution in [0.25, 0.3) is 10.6 Å². The molecule has 0 unspecified atom stereocenters. The molecule has 0 aliphatic heterocycles. The number of anilines is 3. The first-order valence-electron chi connectivity index (χ1n) is 7.40. The van der Waals surface area contributed by atoms with Gasteiger partial charge in [0.25, 0.3) is 0 Å². The quantitative estimate of drug-likeness (QED) is 0.696. The molecular formula is C17H18N4O3S. The summed E-state index contributed by atoms with van der Waals surface area (Å²) in [6, 6.07) is 9.21. The van der Waals surface area contributed by atoms with Gasteiger partial charge in [-0.3, -0.25) is 0 Å². The van der Waals surface area contributed by atoms with Crippen molar-refractivity contribution in [2.45, 2.75) is 0 Å². The molecule has 0 saturated heterocycles. The molecule has 1 aromatic carbocycles. The fraction of sp³-hybridized carbons (Fsp3) is 0.176. The lowest BCUT2D eigenvalue weighted by Gasteiger charge is -2.14. The first-order valence-corrected chi connectivity index (χ1v) is 8.22. The van der Waals surface area contributed by atoms with Crippen molar-refractivity contribution < 1.29 is 14.2 Å². The van der Waals surface area contributed by atoms with Crippen LogP contribution in [0.3, 0.4) is 0 Å². The van der Waals surface area contributed by atoms with Crippen molar-refractivity contribution in [1.82, 2.24) is 9.97 Å². The summed E-state index contributed by atoms with van der Waals surface area (Å²) >= 11 is 1.48. The van der Waals surface area contributed by atoms with Crippen molar-refractivity contribution in [3.05, 3.63) is 36.5 Å². The lowest BCUT2D eigenvalue weighted by atomic mass is 10.2. The van der Waals surface area contributed by atoms with Gasteiger partial charge in [0, 0.05) is 24.0 Å². The Bertz CT molecular complexity index is 857. The predicted molar refractivity (Wildman–Crippen MR) is 99.1 cm³/mol. The lowest BCUT2D eigenvalue weighted by molar-refractivity contribution is 0.324. The summed E-state index contributed by atoms with van der Waals surface area (Å²) < 4.78 is 16.0. The van der Waals surface area contributed by atoms with E-state index in [0.717, 1.165) is 21.3 Å². The number of aromatic nitrogens is 2. The third-order valence-electron chi connectivity index (χ3n) is 3.46. The van der Waals surface area contributed by atoms with Gasteiger partial charge in [-0.2, -0.15) is 0 Å². The van der Waals surface area contributed by atoms with Crippen molar-refractivity contribution in [3.63, 3.8) is 0 Å². The minimum Gasteiger partial charge on any atom is -0.493 e. The molecule has 0 atom stereocenters. The van der Waals surface area contributed by atoms with Gasteiger partial charge in [0.15, 0.2) is 11.5 Å². The SMILES string of the molecule is COc1cc(Nc2nccc(-c3ccc(N)s3)n2)cc(OC)c1OC. The van der Waals surface area contributed by atoms with Gasteiger partial charge >= 0.3 is 0 Å². The third-order valence-corrected chi connectivity index (χ3v) is 4.39. The molecule has 0 spiro atoms. The Hall–Kier alpha value is -3.00. The van der Waals surface area contributed by atoms with Crippen LogP contribution in [0.4, 0.5) is 16.6 Å². The normalized spacial score (nSPS) is 10.4. The maximum absolute atomic E-state index is 5.79. The Labute approximate surface area is 149 Å². The number of hydrogen-bond acceptors (Lipinski definition) is 8. The molecule has 3 aromatic rings. The van der Waals surface area contributed by atoms with E-state index in [4.69, 9.17) is 19.9 Å². The summed E-state index contributed by atoms with van der Waals surface area (Å²) in [5.41, 5.74) is 7.31. The number of nitrogen functional groups attached to an aromatic ring is 1. The van der Waals surface area contributed by atoms with Gasteiger partial charge in [0.1, 0.15) is 0 Å². The van der Waals surface area contributed by atoms with Crippen LogP contribution in [-0.2, 0) is 0 Å². The van der Waals surface area contributed by atoms with Gasteiger partial charge in [-0.15, -0.1) is 11.3 Å². The van der Waals surface area contributed by atoms with Crippen molar-refractivity contribution in [1.29, 1.82) is 0 Å². The first kappa shape index (κ1) is 16.8. The minimum absolute atomic E-state index is 0.457. The lowest BCUT2D eigenvalue weighted by Crippen LogP contribution is -2.00. The Morgan fingerprint density at radius 3 is 2.28 bits per heavy atom. The standard InChI is InChI=1S/C17H18N4O3S/c1-22-12-8-10(9-13(23-2)16(12)24-3)20-17-19-7-6-11(21-17)14-4-5-15(18)25-14/h4-9H,18H2,1-3H3,(H,19,20,21). The molecule has 0 saturated carbocycles. The number of nitrogens with one attached hydrogen (secondary N) is 1. The van der Waals surface area contributed by atoms with Crippen LogP contribution in [0, 0.1) is 0 Å². The van der Waals surface area contributed by atoms with E-state index in [0.29, 0.717) is 23.2 Å². The summed E-state index contributed by atoms with van der Waals surface area (Å²) in [6.45, 7) is 0. The van der Waals surface area contributed by atoms with E-state index >= 15 is 0 Å². The Morgan fingerprint density at radius 1 is 1.00 bits per heavy atom. The number of rotatable bonds is 6. The van der Waals surface area contributed by atoms with E-state index in [2.05, 4.69) is 15.3 Å². The summed E-state index contributed by atoms with van der Waals surface area (Å²) in [5, 5.41) is 3.90. The number of nitrogens with two attached hydrogens (primary N) is 1. The Morgan fingerprint density at radius 2 is 1.72 bits per heavy atom. The fourth-order valence-corrected chi connectivity index (χ4v) is 3.07. The van der Waals surface area contributed by atoms with Crippen LogP contribution in [0.5, 0.6) is 17.2 Å². The molecule has 0 aliphatic carbocycles. The highest BCUT2D eigenvalue weighted by Crippen LogP contribution is 2.40. The molecule has 0 radical (unpaired) electrons. The molecular weight excluding hydrogens is 340 g/mol. The molecule has 8 heteroatoms. The zero-order valence-electron chi connectivity index (χ0n) is 14.1. The van der Waals surface area contributed by atoms with Crippen LogP contribution in [0.2, 0.25) is 0 Å². The number of hydrogen-bond donors (Lipinski definition) is 2. The van der Waals surface area contributed by atoms with Gasteiger partial charge in [0.05, 0.1) is 36.9 Å². The van der Waals surface area contributed by atoms with E-state index in [1.165, 1.54) is 11.3 Å². The van der Waals surface area contributed by atoms with E-state index in [1.54, 1.807) is 39.7 Å². The molecule has 130 valence electrons. The van der Waals surface area contributed by atoms with E-state index in [9.17, 15) is 0 Å². The summed E-state index contributed by atoms with van der Waals surface area (Å²) in [4.78, 5) is 9.76. The molecule has 0 amide bonds. The molecule has 0 bridgehead atoms. The molecule has 2 heterocycles. The highest BCUT2D eigenvalue weighted by atomic mass is 32.1. The van der Waals surface area contributed by atoms with Crippen molar-refractivity contribution in [3.8, 4) is 27.8 Å². The zero-order chi connectivity index (χ0) is 17.8. The van der Waals surface area contributed by atoms with Crippen LogP contribution in [0.15, 0.2) is 36.5 Å². The smallest absolute Gasteiger partial charge is 0.227 e. The molecule has 25 heavy (non-hydrogen) atoms. The van der Waals surface area contributed by atoms with Crippen molar-refractivity contribution in [2.75, 3.05) is 32.4 Å². The van der Waals surface area contributed by atoms with Gasteiger partial charge < -0.3 is 25.3 Å². The summed E-state index contributed by atoms with van der Waals surface area (Å²) in [5.74, 6) is 2.08. The number of nitrogens with zero attached hydrogens (tertiary/aromatic N) is 2. The molecule has 0 aliphatic rings. The van der Waals surface area contributed by atoms with Crippen LogP contribution >= 0.6 is 11.3 Å². The average Bonchev–Trinajstić information content (AvgIpc) is 3.07. The van der Waals surface area contributed by atoms with E-state index in [-0.39, 0.29) is 0 Å². The second-order valence-corrected chi connectivity index (χ2v) is 6.12. The van der Waals surface area contributed by atoms with Gasteiger partial charge in [-0.25, -0.2) is 9.97 Å². The molecule has 2 aromatic heterocycles. The Kier molecular flexibility index (Phi) is 4.90. The van der Waals surface area contributed by atoms with Crippen molar-refractivity contribution >= 4 is 28.0 Å². The maximum atomic E-state index is 5.79. The highest BCUT2D eigenvalue weighted by molar-refractivity contribution is 7.19. The first-order chi connectivity index (χ1) is 12.1. The number of ether oxygens (including phenoxy) is 3. The van der Waals surface area contributed by atoms with Crippen LogP contribution in [0.1, 0.15) is 0 Å². The minimum atomic E-state index is 0.457. The van der Waals surface area contributed by atoms with Crippen LogP contribution in [-0.4, -0.2) is 31.3 Å². The van der Waals surface area contributed by atoms with Gasteiger partial charge in [-0.1, -0.05) is 0 Å². The number of benzene rings is 1. The Balaban J connectivity index is 1.92. The molecule has 3 N–H and O–H groups in total. The van der Waals surface area contributed by atoms with Crippen molar-refractivity contribution in [2.24, 2.45) is 0 Å². The zero-order valence-corrected chi connectivity index (χ0v) is 14.9. The van der Waals surface area contributed by atoms with E-state index < -0.39 is 0 Å². The molecule has 3 rings (SSSR count). The molecule has 7 nitrogen and oxygen atoms in total. The maximum Gasteiger partial charge on any atom is 0.227 e. The predicted octanol–water partition coefficient (Wildman–Crippen LogP) is 3.56. The second kappa shape index (κ2) is 7.27. The largest absolute Gasteiger partial charge is 0.493 e. The molecule has 0 fully saturated rings. The van der Waals surface area contributed by atoms with Crippen LogP contribution < -0.4 is 25.3 Å². The highest BCUT2D eigenvalue weighted by Gasteiger charge is 2.14. The second-order valence-electron chi connectivity index (χ2n) is 5.01. The number of methoxy groups -OCH3 is 3. The fourth-order valence-electron chi connectivity index (χ4n) is 2.33. The summed E-state index contributed by atoms with van der Waals surface area (Å²) in [6.07, 6.45) is 1.69. The van der Waals surface area contributed by atoms with E-state index in [1.807, 2.05) is 18.2 Å². The topological polar surface area (TPSA) is 91.5 Å². The average molecular weight is 358 g/mol.